The lowest BCUT2D eigenvalue weighted by molar-refractivity contribution is -0.136. The zero-order valence-corrected chi connectivity index (χ0v) is 5.67. The minimum absolute atomic E-state index is 0.00926. The van der Waals surface area contributed by atoms with Crippen LogP contribution in [0.25, 0.3) is 0 Å². The Morgan fingerprint density at radius 3 is 3.10 bits per heavy atom. The summed E-state index contributed by atoms with van der Waals surface area (Å²) >= 11 is 0. The zero-order chi connectivity index (χ0) is 7.40. The summed E-state index contributed by atoms with van der Waals surface area (Å²) in [5.74, 6) is -0.837. The van der Waals surface area contributed by atoms with Gasteiger partial charge in [0.2, 0.25) is 0 Å². The van der Waals surface area contributed by atoms with E-state index >= 15 is 0 Å². The Morgan fingerprint density at radius 2 is 2.60 bits per heavy atom. The second-order valence-corrected chi connectivity index (χ2v) is 2.28. The lowest BCUT2D eigenvalue weighted by Crippen LogP contribution is -2.32. The number of hydrogen-bond acceptors (Lipinski definition) is 3. The van der Waals surface area contributed by atoms with Gasteiger partial charge in [0.15, 0.2) is 0 Å². The Hall–Kier alpha value is -0.610. The first-order chi connectivity index (χ1) is 4.79. The Bertz CT molecular complexity index is 120. The van der Waals surface area contributed by atoms with E-state index in [9.17, 15) is 4.79 Å². The number of carboxylic acids is 1. The number of carboxylic acid groups (broad SMARTS) is 1. The third-order valence-electron chi connectivity index (χ3n) is 1.41. The fraction of sp³-hybridized carbons (Fsp3) is 0.833. The summed E-state index contributed by atoms with van der Waals surface area (Å²) in [6.45, 7) is 0.738. The first kappa shape index (κ1) is 7.50. The van der Waals surface area contributed by atoms with Crippen molar-refractivity contribution in [3.8, 4) is 0 Å². The first-order valence-corrected chi connectivity index (χ1v) is 3.36. The molecule has 58 valence electrons. The van der Waals surface area contributed by atoms with Crippen molar-refractivity contribution in [2.24, 2.45) is 0 Å². The number of aliphatic carboxylic acids is 1. The maximum atomic E-state index is 10.0. The van der Waals surface area contributed by atoms with Crippen molar-refractivity contribution in [3.05, 3.63) is 0 Å². The van der Waals surface area contributed by atoms with Crippen molar-refractivity contribution in [1.29, 1.82) is 0 Å². The molecule has 0 aromatic rings. The summed E-state index contributed by atoms with van der Waals surface area (Å²) in [6, 6.07) is 0. The molecule has 1 aliphatic rings. The van der Waals surface area contributed by atoms with Crippen LogP contribution in [-0.4, -0.2) is 30.5 Å². The minimum atomic E-state index is -0.837. The molecule has 1 atom stereocenters. The Balaban J connectivity index is 2.07. The zero-order valence-electron chi connectivity index (χ0n) is 5.67. The predicted molar refractivity (Wildman–Crippen MR) is 34.6 cm³/mol. The highest BCUT2D eigenvalue weighted by atomic mass is 16.5. The van der Waals surface area contributed by atoms with Crippen LogP contribution < -0.4 is 5.32 Å². The lowest BCUT2D eigenvalue weighted by Gasteiger charge is -2.08. The van der Waals surface area contributed by atoms with Crippen LogP contribution in [0.3, 0.4) is 0 Å². The molecule has 0 aromatic carbocycles. The minimum Gasteiger partial charge on any atom is -0.480 e. The van der Waals surface area contributed by atoms with Gasteiger partial charge >= 0.3 is 5.97 Å². The van der Waals surface area contributed by atoms with Gasteiger partial charge in [-0.1, -0.05) is 0 Å². The molecule has 0 spiro atoms. The van der Waals surface area contributed by atoms with Gasteiger partial charge in [0.1, 0.15) is 6.23 Å². The standard InChI is InChI=1S/C6H11NO3/c8-6(9)4-7-5-2-1-3-10-5/h5,7H,1-4H2,(H,8,9). The third-order valence-corrected chi connectivity index (χ3v) is 1.41. The molecule has 10 heavy (non-hydrogen) atoms. The van der Waals surface area contributed by atoms with Gasteiger partial charge in [-0.05, 0) is 12.8 Å². The lowest BCUT2D eigenvalue weighted by atomic mass is 10.3. The fourth-order valence-corrected chi connectivity index (χ4v) is 0.940. The van der Waals surface area contributed by atoms with Crippen molar-refractivity contribution in [2.75, 3.05) is 13.2 Å². The maximum absolute atomic E-state index is 10.0. The van der Waals surface area contributed by atoms with Gasteiger partial charge in [0.05, 0.1) is 6.54 Å². The first-order valence-electron chi connectivity index (χ1n) is 3.36. The van der Waals surface area contributed by atoms with Crippen LogP contribution in [0.1, 0.15) is 12.8 Å². The van der Waals surface area contributed by atoms with E-state index in [1.165, 1.54) is 0 Å². The van der Waals surface area contributed by atoms with Crippen molar-refractivity contribution >= 4 is 5.97 Å². The fourth-order valence-electron chi connectivity index (χ4n) is 0.940. The molecule has 1 rings (SSSR count). The van der Waals surface area contributed by atoms with Crippen molar-refractivity contribution < 1.29 is 14.6 Å². The number of rotatable bonds is 3. The average molecular weight is 145 g/mol. The van der Waals surface area contributed by atoms with Crippen LogP contribution in [0.15, 0.2) is 0 Å². The topological polar surface area (TPSA) is 58.6 Å². The molecular weight excluding hydrogens is 134 g/mol. The molecule has 0 bridgehead atoms. The second kappa shape index (κ2) is 3.53. The number of ether oxygens (including phenoxy) is 1. The molecule has 1 saturated heterocycles. The van der Waals surface area contributed by atoms with E-state index in [0.29, 0.717) is 0 Å². The second-order valence-electron chi connectivity index (χ2n) is 2.28. The van der Waals surface area contributed by atoms with E-state index in [0.717, 1.165) is 19.4 Å². The molecule has 0 radical (unpaired) electrons. The van der Waals surface area contributed by atoms with Crippen molar-refractivity contribution in [3.63, 3.8) is 0 Å². The highest BCUT2D eigenvalue weighted by molar-refractivity contribution is 5.69. The monoisotopic (exact) mass is 145 g/mol. The molecule has 4 nitrogen and oxygen atoms in total. The number of carbonyl (C=O) groups is 1. The smallest absolute Gasteiger partial charge is 0.317 e. The summed E-state index contributed by atoms with van der Waals surface area (Å²) in [5.41, 5.74) is 0. The molecule has 2 N–H and O–H groups in total. The van der Waals surface area contributed by atoms with E-state index < -0.39 is 5.97 Å². The summed E-state index contributed by atoms with van der Waals surface area (Å²) in [5, 5.41) is 11.0. The molecule has 0 amide bonds. The average Bonchev–Trinajstić information content (AvgIpc) is 2.34. The van der Waals surface area contributed by atoms with E-state index in [2.05, 4.69) is 5.32 Å². The van der Waals surface area contributed by atoms with Gasteiger partial charge in [-0.15, -0.1) is 0 Å². The van der Waals surface area contributed by atoms with E-state index in [1.54, 1.807) is 0 Å². The van der Waals surface area contributed by atoms with Crippen LogP contribution >= 0.6 is 0 Å². The summed E-state index contributed by atoms with van der Waals surface area (Å²) < 4.78 is 5.13. The van der Waals surface area contributed by atoms with Gasteiger partial charge in [0, 0.05) is 6.61 Å². The highest BCUT2D eigenvalue weighted by Gasteiger charge is 2.14. The third kappa shape index (κ3) is 2.33. The Kier molecular flexibility index (Phi) is 2.65. The van der Waals surface area contributed by atoms with Crippen LogP contribution in [-0.2, 0) is 9.53 Å². The molecule has 1 fully saturated rings. The van der Waals surface area contributed by atoms with Gasteiger partial charge < -0.3 is 9.84 Å². The van der Waals surface area contributed by atoms with E-state index in [1.807, 2.05) is 0 Å². The molecule has 4 heteroatoms. The number of nitrogens with one attached hydrogen (secondary N) is 1. The molecule has 1 heterocycles. The maximum Gasteiger partial charge on any atom is 0.317 e. The van der Waals surface area contributed by atoms with Crippen molar-refractivity contribution in [2.45, 2.75) is 19.1 Å². The van der Waals surface area contributed by atoms with Crippen LogP contribution in [0.4, 0.5) is 0 Å². The molecule has 0 saturated carbocycles. The van der Waals surface area contributed by atoms with E-state index in [-0.39, 0.29) is 12.8 Å². The number of hydrogen-bond donors (Lipinski definition) is 2. The van der Waals surface area contributed by atoms with E-state index in [4.69, 9.17) is 9.84 Å². The Morgan fingerprint density at radius 1 is 1.80 bits per heavy atom. The summed E-state index contributed by atoms with van der Waals surface area (Å²) in [7, 11) is 0. The van der Waals surface area contributed by atoms with Gasteiger partial charge in [-0.3, -0.25) is 10.1 Å². The van der Waals surface area contributed by atoms with Crippen LogP contribution in [0.5, 0.6) is 0 Å². The normalized spacial score (nSPS) is 25.0. The molecule has 0 aliphatic carbocycles. The van der Waals surface area contributed by atoms with Gasteiger partial charge in [-0.2, -0.15) is 0 Å². The quantitative estimate of drug-likeness (QED) is 0.577. The summed E-state index contributed by atoms with van der Waals surface area (Å²) in [4.78, 5) is 10.0. The predicted octanol–water partition coefficient (Wildman–Crippen LogP) is -0.203. The molecule has 0 aromatic heterocycles. The molecule has 1 unspecified atom stereocenters. The largest absolute Gasteiger partial charge is 0.480 e. The highest BCUT2D eigenvalue weighted by Crippen LogP contribution is 2.07. The van der Waals surface area contributed by atoms with Crippen molar-refractivity contribution in [1.82, 2.24) is 5.32 Å². The SMILES string of the molecule is O=C(O)CNC1CCCO1. The van der Waals surface area contributed by atoms with Gasteiger partial charge in [0.25, 0.3) is 0 Å². The molecular formula is C6H11NO3. The van der Waals surface area contributed by atoms with Crippen LogP contribution in [0.2, 0.25) is 0 Å². The molecule has 1 aliphatic heterocycles. The van der Waals surface area contributed by atoms with Crippen LogP contribution in [0, 0.1) is 0 Å². The summed E-state index contributed by atoms with van der Waals surface area (Å²) in [6.07, 6.45) is 1.92. The Labute approximate surface area is 59.2 Å². The van der Waals surface area contributed by atoms with Gasteiger partial charge in [-0.25, -0.2) is 0 Å².